The number of non-ortho nitro benzene ring substituents is 2. The molecule has 0 bridgehead atoms. The minimum absolute atomic E-state index is 0.0305. The highest BCUT2D eigenvalue weighted by molar-refractivity contribution is 7.92. The monoisotopic (exact) mass is 1470 g/mol. The molecule has 556 valence electrons. The zero-order valence-electron chi connectivity index (χ0n) is 59.7. The molecule has 12 rings (SSSR count). The summed E-state index contributed by atoms with van der Waals surface area (Å²) in [6.45, 7) is 7.59. The van der Waals surface area contributed by atoms with Gasteiger partial charge < -0.3 is 45.7 Å². The molecule has 7 aromatic rings. The number of hydrogen-bond donors (Lipinski definition) is 4. The number of nitro benzene ring substituents is 2. The van der Waals surface area contributed by atoms with Crippen LogP contribution in [0.15, 0.2) is 180 Å². The fourth-order valence-corrected chi connectivity index (χ4v) is 13.8. The SMILES string of the molecule is COC(=O)c1ccc(C=NC2CCCC2)cc1.COC(=O)c1ccc(CN(C(=O)c2ccc([N+](=O)[O-])cc2)C2CCNC2)cc1.COC(=O)c1ccc(CNC2CCCC2)cc1.Cc1ccc(CN(C(=O)c2ccc([N+](=O)[O-])cc2)C2CCN(S(=O)(=O)/C=C/c3ccc(Cl)cc3)C2)cc1.NC1CCNC1. The number of ether oxygens (including phenoxy) is 3. The summed E-state index contributed by atoms with van der Waals surface area (Å²) in [7, 11) is 0.403. The van der Waals surface area contributed by atoms with Gasteiger partial charge in [0.1, 0.15) is 0 Å². The molecule has 5 N–H and O–H groups in total. The van der Waals surface area contributed by atoms with Gasteiger partial charge in [0.05, 0.1) is 47.9 Å². The second-order valence-electron chi connectivity index (χ2n) is 26.1. The minimum atomic E-state index is -3.71. The van der Waals surface area contributed by atoms with E-state index in [0.717, 1.165) is 61.3 Å². The summed E-state index contributed by atoms with van der Waals surface area (Å²) >= 11 is 5.90. The van der Waals surface area contributed by atoms with E-state index >= 15 is 0 Å². The van der Waals surface area contributed by atoms with Crippen LogP contribution in [0, 0.1) is 27.2 Å². The first-order valence-corrected chi connectivity index (χ1v) is 37.0. The van der Waals surface area contributed by atoms with Crippen LogP contribution in [0.1, 0.15) is 156 Å². The molecule has 0 radical (unpaired) electrons. The summed E-state index contributed by atoms with van der Waals surface area (Å²) in [4.78, 5) is 89.5. The maximum atomic E-state index is 13.5. The molecule has 3 aliphatic heterocycles. The number of nitrogens with zero attached hydrogens (tertiary/aromatic N) is 6. The number of hydrogen-bond acceptors (Lipinski definition) is 19. The van der Waals surface area contributed by atoms with E-state index in [9.17, 15) is 52.6 Å². The van der Waals surface area contributed by atoms with Crippen molar-refractivity contribution in [2.24, 2.45) is 10.7 Å². The second kappa shape index (κ2) is 41.0. The number of nitro groups is 2. The highest BCUT2D eigenvalue weighted by atomic mass is 35.5. The zero-order valence-corrected chi connectivity index (χ0v) is 61.3. The highest BCUT2D eigenvalue weighted by Gasteiger charge is 2.36. The lowest BCUT2D eigenvalue weighted by atomic mass is 10.1. The fraction of sp³-hybridized carbons (Fsp3) is 0.367. The van der Waals surface area contributed by atoms with Crippen LogP contribution >= 0.6 is 11.6 Å². The number of sulfonamides is 1. The van der Waals surface area contributed by atoms with Crippen molar-refractivity contribution in [2.45, 2.75) is 127 Å². The Morgan fingerprint density at radius 3 is 1.46 bits per heavy atom. The van der Waals surface area contributed by atoms with E-state index in [1.54, 1.807) is 70.5 Å². The summed E-state index contributed by atoms with van der Waals surface area (Å²) in [5.74, 6) is -1.48. The van der Waals surface area contributed by atoms with Crippen LogP contribution in [-0.4, -0.2) is 159 Å². The molecule has 2 aliphatic carbocycles. The van der Waals surface area contributed by atoms with E-state index < -0.39 is 25.8 Å². The molecule has 5 fully saturated rings. The number of halogens is 1. The van der Waals surface area contributed by atoms with Crippen LogP contribution in [0.5, 0.6) is 0 Å². The van der Waals surface area contributed by atoms with Gasteiger partial charge in [0.15, 0.2) is 0 Å². The Labute approximate surface area is 618 Å². The van der Waals surface area contributed by atoms with Crippen LogP contribution in [0.2, 0.25) is 5.02 Å². The number of aryl methyl sites for hydroxylation is 1. The van der Waals surface area contributed by atoms with E-state index in [1.807, 2.05) is 73.8 Å². The third kappa shape index (κ3) is 25.5. The van der Waals surface area contributed by atoms with Gasteiger partial charge in [-0.15, -0.1) is 0 Å². The number of nitrogens with two attached hydrogens (primary N) is 1. The average Bonchev–Trinajstić information content (AvgIpc) is 1.70. The molecular weight excluding hydrogens is 1380 g/mol. The number of esters is 3. The normalized spacial score (nSPS) is 17.2. The second-order valence-corrected chi connectivity index (χ2v) is 28.4. The molecule has 2 amide bonds. The highest BCUT2D eigenvalue weighted by Crippen LogP contribution is 2.27. The Bertz CT molecular complexity index is 4150. The predicted octanol–water partition coefficient (Wildman–Crippen LogP) is 12.3. The molecule has 0 spiro atoms. The lowest BCUT2D eigenvalue weighted by Crippen LogP contribution is -2.42. The molecule has 24 nitrogen and oxygen atoms in total. The van der Waals surface area contributed by atoms with Gasteiger partial charge in [-0.25, -0.2) is 22.8 Å². The number of rotatable bonds is 21. The third-order valence-electron chi connectivity index (χ3n) is 18.6. The van der Waals surface area contributed by atoms with Crippen molar-refractivity contribution in [1.82, 2.24) is 30.1 Å². The molecule has 3 unspecified atom stereocenters. The maximum absolute atomic E-state index is 13.5. The molecule has 3 saturated heterocycles. The molecule has 26 heteroatoms. The molecule has 105 heavy (non-hydrogen) atoms. The van der Waals surface area contributed by atoms with Crippen molar-refractivity contribution in [3.05, 3.63) is 262 Å². The molecule has 0 aromatic heterocycles. The molecule has 7 aromatic carbocycles. The minimum Gasteiger partial charge on any atom is -0.465 e. The van der Waals surface area contributed by atoms with Gasteiger partial charge in [-0.2, -0.15) is 4.31 Å². The molecule has 5 aliphatic rings. The quantitative estimate of drug-likeness (QED) is 0.0171. The van der Waals surface area contributed by atoms with Crippen LogP contribution < -0.4 is 21.7 Å². The van der Waals surface area contributed by atoms with Gasteiger partial charge in [-0.3, -0.25) is 34.8 Å². The van der Waals surface area contributed by atoms with Crippen LogP contribution in [-0.2, 0) is 43.9 Å². The first-order valence-electron chi connectivity index (χ1n) is 35.2. The van der Waals surface area contributed by atoms with Gasteiger partial charge >= 0.3 is 17.9 Å². The lowest BCUT2D eigenvalue weighted by molar-refractivity contribution is -0.385. The Hall–Kier alpha value is -9.86. The van der Waals surface area contributed by atoms with E-state index in [1.165, 1.54) is 143 Å². The van der Waals surface area contributed by atoms with Crippen LogP contribution in [0.25, 0.3) is 6.08 Å². The Morgan fingerprint density at radius 2 is 1.01 bits per heavy atom. The molecular formula is C79H93ClN10O14S. The van der Waals surface area contributed by atoms with Crippen molar-refractivity contribution in [1.29, 1.82) is 0 Å². The summed E-state index contributed by atoms with van der Waals surface area (Å²) < 4.78 is 41.4. The summed E-state index contributed by atoms with van der Waals surface area (Å²) in [6.07, 6.45) is 16.2. The van der Waals surface area contributed by atoms with Crippen LogP contribution in [0.4, 0.5) is 11.4 Å². The topological polar surface area (TPSA) is 318 Å². The van der Waals surface area contributed by atoms with Crippen molar-refractivity contribution in [3.8, 4) is 0 Å². The number of benzene rings is 7. The summed E-state index contributed by atoms with van der Waals surface area (Å²) in [6, 6.07) is 48.8. The Balaban J connectivity index is 0.000000180. The number of methoxy groups -OCH3 is 3. The smallest absolute Gasteiger partial charge is 0.337 e. The molecule has 3 atom stereocenters. The number of amides is 2. The van der Waals surface area contributed by atoms with Crippen molar-refractivity contribution >= 4 is 75.0 Å². The standard InChI is InChI=1S/C27H26ClN3O5S.C20H21N3O5.C14H19NO2.C14H17NO2.C4H10N2/c1-20-2-4-22(5-3-20)18-30(27(32)23-8-12-25(13-9-23)31(33)34)26-14-16-29(19-26)37(35,36)17-15-21-6-10-24(28)11-7-21;1-28-20(25)16-4-2-14(3-5-16)13-22(18-10-11-21-12-18)19(24)15-6-8-17(9-7-15)23(26)27;2*1-17-14(16)12-8-6-11(7-9-12)10-15-13-4-2-3-5-13;5-4-1-2-6-3-4/h2-13,15,17,26H,14,16,18-19H2,1H3;2-9,18,21H,10-13H2,1H3;6-9,13,15H,2-5,10H2,1H3;6-10,13H,2-5H2,1H3;4,6H,1-3,5H2/b17-15+;;;;. The van der Waals surface area contributed by atoms with Crippen LogP contribution in [0.3, 0.4) is 0 Å². The van der Waals surface area contributed by atoms with Gasteiger partial charge in [0, 0.05) is 128 Å². The molecule has 3 heterocycles. The number of carbonyl (C=O) groups is 5. The Kier molecular flexibility index (Phi) is 31.6. The van der Waals surface area contributed by atoms with Gasteiger partial charge in [-0.05, 0) is 172 Å². The average molecular weight is 1470 g/mol. The number of aliphatic imine (C=N–C) groups is 1. The number of nitrogens with one attached hydrogen (secondary N) is 3. The zero-order chi connectivity index (χ0) is 75.3. The number of carbonyl (C=O) groups excluding carboxylic acids is 5. The fourth-order valence-electron chi connectivity index (χ4n) is 12.4. The van der Waals surface area contributed by atoms with E-state index in [0.29, 0.717) is 76.0 Å². The van der Waals surface area contributed by atoms with E-state index in [2.05, 4.69) is 30.4 Å². The maximum Gasteiger partial charge on any atom is 0.337 e. The Morgan fingerprint density at radius 1 is 0.571 bits per heavy atom. The summed E-state index contributed by atoms with van der Waals surface area (Å²) in [5, 5.41) is 33.5. The van der Waals surface area contributed by atoms with Crippen molar-refractivity contribution in [3.63, 3.8) is 0 Å². The van der Waals surface area contributed by atoms with Gasteiger partial charge in [0.25, 0.3) is 23.2 Å². The largest absolute Gasteiger partial charge is 0.465 e. The first kappa shape index (κ1) is 80.8. The predicted molar refractivity (Wildman–Crippen MR) is 406 cm³/mol. The van der Waals surface area contributed by atoms with Gasteiger partial charge in [-0.1, -0.05) is 116 Å². The summed E-state index contributed by atoms with van der Waals surface area (Å²) in [5.41, 5.74) is 13.5. The first-order chi connectivity index (χ1) is 50.6. The third-order valence-corrected chi connectivity index (χ3v) is 20.4. The van der Waals surface area contributed by atoms with Crippen molar-refractivity contribution < 1.29 is 56.4 Å². The van der Waals surface area contributed by atoms with E-state index in [4.69, 9.17) is 22.1 Å². The lowest BCUT2D eigenvalue weighted by Gasteiger charge is -2.29. The van der Waals surface area contributed by atoms with Gasteiger partial charge in [0.2, 0.25) is 10.0 Å². The molecule has 2 saturated carbocycles. The van der Waals surface area contributed by atoms with E-state index in [-0.39, 0.29) is 66.8 Å². The van der Waals surface area contributed by atoms with Crippen molar-refractivity contribution in [2.75, 3.05) is 60.6 Å².